The molecule has 4 nitrogen and oxygen atoms in total. The van der Waals surface area contributed by atoms with Crippen LogP contribution < -0.4 is 0 Å². The minimum absolute atomic E-state index is 0.000162. The zero-order valence-electron chi connectivity index (χ0n) is 7.30. The number of nitrogens with zero attached hydrogens (tertiary/aromatic N) is 3. The topological polar surface area (TPSA) is 28.1 Å². The Kier molecular flexibility index (Phi) is 2.53. The standard InChI is InChI=1S/C6H10F3N3O/c1-11-4-12(2)10-5(11)13-3-6(7,8)9/h3-4H2,1-2H3. The Morgan fingerprint density at radius 3 is 2.46 bits per heavy atom. The van der Waals surface area contributed by atoms with E-state index in [9.17, 15) is 13.2 Å². The van der Waals surface area contributed by atoms with E-state index < -0.39 is 12.8 Å². The van der Waals surface area contributed by atoms with Crippen molar-refractivity contribution < 1.29 is 17.9 Å². The van der Waals surface area contributed by atoms with E-state index in [0.29, 0.717) is 6.67 Å². The van der Waals surface area contributed by atoms with Crippen LogP contribution in [0.1, 0.15) is 0 Å². The van der Waals surface area contributed by atoms with Gasteiger partial charge in [-0.2, -0.15) is 13.2 Å². The van der Waals surface area contributed by atoms with Crippen LogP contribution in [0.25, 0.3) is 0 Å². The monoisotopic (exact) mass is 197 g/mol. The molecule has 1 heterocycles. The van der Waals surface area contributed by atoms with Gasteiger partial charge >= 0.3 is 12.2 Å². The van der Waals surface area contributed by atoms with Crippen LogP contribution in [0.15, 0.2) is 5.10 Å². The highest BCUT2D eigenvalue weighted by atomic mass is 19.4. The first-order chi connectivity index (χ1) is 5.88. The van der Waals surface area contributed by atoms with Gasteiger partial charge in [-0.25, -0.2) is 0 Å². The van der Waals surface area contributed by atoms with E-state index in [4.69, 9.17) is 0 Å². The summed E-state index contributed by atoms with van der Waals surface area (Å²) in [6.45, 7) is -0.864. The normalized spacial score (nSPS) is 17.8. The molecular weight excluding hydrogens is 187 g/mol. The van der Waals surface area contributed by atoms with Crippen LogP contribution in [-0.2, 0) is 4.74 Å². The van der Waals surface area contributed by atoms with E-state index in [1.54, 1.807) is 14.1 Å². The maximum Gasteiger partial charge on any atom is 0.422 e. The lowest BCUT2D eigenvalue weighted by Crippen LogP contribution is -2.30. The van der Waals surface area contributed by atoms with Crippen LogP contribution >= 0.6 is 0 Å². The number of amidine groups is 1. The van der Waals surface area contributed by atoms with Gasteiger partial charge in [-0.1, -0.05) is 0 Å². The molecule has 0 aromatic heterocycles. The summed E-state index contributed by atoms with van der Waals surface area (Å²) in [5, 5.41) is 5.22. The summed E-state index contributed by atoms with van der Waals surface area (Å²) in [4.78, 5) is 1.49. The second-order valence-electron chi connectivity index (χ2n) is 2.78. The molecule has 1 rings (SSSR count). The maximum absolute atomic E-state index is 11.7. The molecule has 13 heavy (non-hydrogen) atoms. The van der Waals surface area contributed by atoms with Crippen LogP contribution in [0.3, 0.4) is 0 Å². The first-order valence-electron chi connectivity index (χ1n) is 3.59. The second-order valence-corrected chi connectivity index (χ2v) is 2.78. The van der Waals surface area contributed by atoms with Gasteiger partial charge in [0.25, 0.3) is 0 Å². The fraction of sp³-hybridized carbons (Fsp3) is 0.833. The molecule has 0 aliphatic carbocycles. The number of halogens is 3. The molecule has 0 atom stereocenters. The summed E-state index contributed by atoms with van der Waals surface area (Å²) in [5.41, 5.74) is 0. The largest absolute Gasteiger partial charge is 0.454 e. The lowest BCUT2D eigenvalue weighted by molar-refractivity contribution is -0.157. The average molecular weight is 197 g/mol. The molecule has 0 amide bonds. The molecular formula is C6H10F3N3O. The first-order valence-corrected chi connectivity index (χ1v) is 3.59. The molecule has 0 radical (unpaired) electrons. The summed E-state index contributed by atoms with van der Waals surface area (Å²) in [6, 6.07) is -0.000162. The molecule has 0 aromatic rings. The fourth-order valence-electron chi connectivity index (χ4n) is 0.907. The van der Waals surface area contributed by atoms with Crippen LogP contribution in [0.4, 0.5) is 13.2 Å². The molecule has 0 spiro atoms. The summed E-state index contributed by atoms with van der Waals surface area (Å²) in [7, 11) is 3.26. The van der Waals surface area contributed by atoms with E-state index in [0.717, 1.165) is 0 Å². The molecule has 1 aliphatic heterocycles. The SMILES string of the molecule is CN1CN(C)C(OCC(F)(F)F)=N1. The molecule has 76 valence electrons. The van der Waals surface area contributed by atoms with Crippen LogP contribution in [-0.4, -0.2) is 49.5 Å². The molecule has 1 aliphatic rings. The van der Waals surface area contributed by atoms with Gasteiger partial charge in [-0.3, -0.25) is 5.01 Å². The van der Waals surface area contributed by atoms with Gasteiger partial charge in [0, 0.05) is 14.1 Å². The van der Waals surface area contributed by atoms with Crippen molar-refractivity contribution in [2.24, 2.45) is 5.10 Å². The number of ether oxygens (including phenoxy) is 1. The highest BCUT2D eigenvalue weighted by molar-refractivity contribution is 5.74. The van der Waals surface area contributed by atoms with E-state index >= 15 is 0 Å². The van der Waals surface area contributed by atoms with Crippen molar-refractivity contribution in [3.8, 4) is 0 Å². The molecule has 0 unspecified atom stereocenters. The summed E-state index contributed by atoms with van der Waals surface area (Å²) < 4.78 is 39.6. The van der Waals surface area contributed by atoms with Crippen LogP contribution in [0.2, 0.25) is 0 Å². The minimum Gasteiger partial charge on any atom is -0.454 e. The zero-order valence-corrected chi connectivity index (χ0v) is 7.30. The third-order valence-electron chi connectivity index (χ3n) is 1.36. The third kappa shape index (κ3) is 3.00. The van der Waals surface area contributed by atoms with Gasteiger partial charge < -0.3 is 9.64 Å². The van der Waals surface area contributed by atoms with Gasteiger partial charge in [0.2, 0.25) is 0 Å². The van der Waals surface area contributed by atoms with Crippen molar-refractivity contribution in [3.05, 3.63) is 0 Å². The first kappa shape index (κ1) is 9.94. The minimum atomic E-state index is -4.31. The predicted octanol–water partition coefficient (Wildman–Crippen LogP) is 0.671. The Morgan fingerprint density at radius 2 is 2.08 bits per heavy atom. The predicted molar refractivity (Wildman–Crippen MR) is 39.8 cm³/mol. The van der Waals surface area contributed by atoms with Crippen LogP contribution in [0.5, 0.6) is 0 Å². The molecule has 0 bridgehead atoms. The molecule has 0 aromatic carbocycles. The van der Waals surface area contributed by atoms with Crippen molar-refractivity contribution in [2.45, 2.75) is 6.18 Å². The molecule has 0 saturated carbocycles. The van der Waals surface area contributed by atoms with Crippen LogP contribution in [0, 0.1) is 0 Å². The molecule has 0 fully saturated rings. The van der Waals surface area contributed by atoms with Gasteiger partial charge in [-0.05, 0) is 0 Å². The lowest BCUT2D eigenvalue weighted by Gasteiger charge is -2.14. The number of rotatable bonds is 1. The maximum atomic E-state index is 11.7. The van der Waals surface area contributed by atoms with Gasteiger partial charge in [0.1, 0.15) is 6.67 Å². The Labute approximate surface area is 73.6 Å². The summed E-state index contributed by atoms with van der Waals surface area (Å²) in [5.74, 6) is 0. The number of alkyl halides is 3. The van der Waals surface area contributed by atoms with Crippen molar-refractivity contribution in [1.29, 1.82) is 0 Å². The molecule has 7 heteroatoms. The van der Waals surface area contributed by atoms with Crippen molar-refractivity contribution in [3.63, 3.8) is 0 Å². The highest BCUT2D eigenvalue weighted by Gasteiger charge is 2.31. The Bertz CT molecular complexity index is 216. The lowest BCUT2D eigenvalue weighted by atomic mass is 10.7. The van der Waals surface area contributed by atoms with Crippen molar-refractivity contribution >= 4 is 6.02 Å². The Hall–Kier alpha value is -1.14. The van der Waals surface area contributed by atoms with E-state index in [1.807, 2.05) is 0 Å². The molecule has 0 N–H and O–H groups in total. The van der Waals surface area contributed by atoms with Gasteiger partial charge in [0.15, 0.2) is 6.61 Å². The summed E-state index contributed by atoms with van der Waals surface area (Å²) >= 11 is 0. The van der Waals surface area contributed by atoms with Gasteiger partial charge in [0.05, 0.1) is 0 Å². The van der Waals surface area contributed by atoms with Gasteiger partial charge in [-0.15, -0.1) is 5.10 Å². The number of hydrogen-bond acceptors (Lipinski definition) is 4. The Morgan fingerprint density at radius 1 is 1.46 bits per heavy atom. The van der Waals surface area contributed by atoms with E-state index in [2.05, 4.69) is 9.84 Å². The Balaban J connectivity index is 2.41. The summed E-state index contributed by atoms with van der Waals surface area (Å²) in [6.07, 6.45) is -4.31. The smallest absolute Gasteiger partial charge is 0.422 e. The average Bonchev–Trinajstić information content (AvgIpc) is 2.24. The van der Waals surface area contributed by atoms with Crippen molar-refractivity contribution in [1.82, 2.24) is 9.91 Å². The zero-order chi connectivity index (χ0) is 10.1. The quantitative estimate of drug-likeness (QED) is 0.618. The number of hydrogen-bond donors (Lipinski definition) is 0. The molecule has 0 saturated heterocycles. The van der Waals surface area contributed by atoms with E-state index in [1.165, 1.54) is 9.91 Å². The van der Waals surface area contributed by atoms with E-state index in [-0.39, 0.29) is 6.02 Å². The number of hydrazone groups is 1. The second kappa shape index (κ2) is 3.31. The van der Waals surface area contributed by atoms with Crippen molar-refractivity contribution in [2.75, 3.05) is 27.4 Å². The highest BCUT2D eigenvalue weighted by Crippen LogP contribution is 2.16. The fourth-order valence-corrected chi connectivity index (χ4v) is 0.907. The third-order valence-corrected chi connectivity index (χ3v) is 1.36.